The molecule has 9 nitrogen and oxygen atoms in total. The van der Waals surface area contributed by atoms with Crippen LogP contribution in [0.4, 0.5) is 0 Å². The van der Waals surface area contributed by atoms with Gasteiger partial charge < -0.3 is 20.2 Å². The van der Waals surface area contributed by atoms with Gasteiger partial charge in [-0.05, 0) is 0 Å². The molecule has 0 saturated carbocycles. The Balaban J connectivity index is 0. The number of carbonyl (C=O) groups is 3. The van der Waals surface area contributed by atoms with Crippen LogP contribution in [0.1, 0.15) is 12.8 Å². The van der Waals surface area contributed by atoms with Crippen LogP contribution in [0.15, 0.2) is 5.34 Å². The molecule has 0 radical (unpaired) electrons. The van der Waals surface area contributed by atoms with Crippen molar-refractivity contribution >= 4 is 47.5 Å². The molecule has 0 unspecified atom stereocenters. The van der Waals surface area contributed by atoms with Crippen LogP contribution in [0.2, 0.25) is 0 Å². The van der Waals surface area contributed by atoms with E-state index in [-0.39, 0.29) is 29.6 Å². The van der Waals surface area contributed by atoms with E-state index in [0.717, 1.165) is 0 Å². The Morgan fingerprint density at radius 1 is 1.06 bits per heavy atom. The van der Waals surface area contributed by atoms with Gasteiger partial charge in [0.1, 0.15) is 0 Å². The molecule has 0 atom stereocenters. The zero-order valence-corrected chi connectivity index (χ0v) is 7.24. The van der Waals surface area contributed by atoms with E-state index in [0.29, 0.717) is 0 Å². The van der Waals surface area contributed by atoms with Gasteiger partial charge in [0.25, 0.3) is 5.60 Å². The van der Waals surface area contributed by atoms with Crippen molar-refractivity contribution in [2.24, 2.45) is 5.34 Å². The van der Waals surface area contributed by atoms with Crippen molar-refractivity contribution in [1.29, 1.82) is 0 Å². The minimum atomic E-state index is -2.67. The SMILES string of the molecule is O=NOC(CC(=O)O)(CC(=O)O)C(=O)O.[NaH]. The summed E-state index contributed by atoms with van der Waals surface area (Å²) >= 11 is 0. The third-order valence-electron chi connectivity index (χ3n) is 1.48. The van der Waals surface area contributed by atoms with E-state index in [1.807, 2.05) is 0 Å². The van der Waals surface area contributed by atoms with E-state index in [9.17, 15) is 19.3 Å². The van der Waals surface area contributed by atoms with Gasteiger partial charge >= 0.3 is 47.5 Å². The Hall–Kier alpha value is -1.19. The minimum absolute atomic E-state index is 0. The zero-order chi connectivity index (χ0) is 12.1. The number of hydrogen-bond acceptors (Lipinski definition) is 6. The Bertz CT molecular complexity index is 287. The molecule has 0 aromatic heterocycles. The van der Waals surface area contributed by atoms with Crippen molar-refractivity contribution in [3.05, 3.63) is 4.91 Å². The van der Waals surface area contributed by atoms with Crippen LogP contribution in [0, 0.1) is 4.91 Å². The molecule has 86 valence electrons. The number of rotatable bonds is 7. The fourth-order valence-corrected chi connectivity index (χ4v) is 0.877. The topological polar surface area (TPSA) is 151 Å². The molecule has 0 aliphatic carbocycles. The van der Waals surface area contributed by atoms with Crippen LogP contribution in [-0.4, -0.2) is 68.4 Å². The summed E-state index contributed by atoms with van der Waals surface area (Å²) in [6, 6.07) is 0. The van der Waals surface area contributed by atoms with Gasteiger partial charge in [0, 0.05) is 0 Å². The molecule has 0 bridgehead atoms. The summed E-state index contributed by atoms with van der Waals surface area (Å²) in [5, 5.41) is 27.1. The summed E-state index contributed by atoms with van der Waals surface area (Å²) in [6.07, 6.45) is -2.36. The molecule has 0 aromatic carbocycles. The summed E-state index contributed by atoms with van der Waals surface area (Å²) in [7, 11) is 0. The van der Waals surface area contributed by atoms with E-state index < -0.39 is 36.4 Å². The summed E-state index contributed by atoms with van der Waals surface area (Å²) in [5.41, 5.74) is -2.67. The predicted octanol–water partition coefficient (Wildman–Crippen LogP) is -1.19. The average Bonchev–Trinajstić information content (AvgIpc) is 2.01. The fraction of sp³-hybridized carbons (Fsp3) is 0.500. The van der Waals surface area contributed by atoms with Crippen LogP contribution < -0.4 is 0 Å². The van der Waals surface area contributed by atoms with Gasteiger partial charge in [0.05, 0.1) is 12.8 Å². The summed E-state index contributed by atoms with van der Waals surface area (Å²) in [5.74, 6) is -5.13. The second-order valence-electron chi connectivity index (χ2n) is 2.61. The van der Waals surface area contributed by atoms with Gasteiger partial charge in [-0.15, -0.1) is 4.91 Å². The molecule has 0 rings (SSSR count). The van der Waals surface area contributed by atoms with Crippen LogP contribution in [0.3, 0.4) is 0 Å². The van der Waals surface area contributed by atoms with Crippen molar-refractivity contribution in [3.8, 4) is 0 Å². The molecule has 10 heteroatoms. The molecule has 0 aliphatic heterocycles. The average molecular weight is 245 g/mol. The number of aliphatic carboxylic acids is 3. The molecule has 0 saturated heterocycles. The molecular formula is C6H8NNaO8. The maximum absolute atomic E-state index is 10.6. The Labute approximate surface area is 111 Å². The van der Waals surface area contributed by atoms with Gasteiger partial charge in [-0.3, -0.25) is 9.59 Å². The Kier molecular flexibility index (Phi) is 7.69. The van der Waals surface area contributed by atoms with Crippen molar-refractivity contribution in [3.63, 3.8) is 0 Å². The van der Waals surface area contributed by atoms with E-state index >= 15 is 0 Å². The van der Waals surface area contributed by atoms with E-state index in [2.05, 4.69) is 4.84 Å². The molecule has 16 heavy (non-hydrogen) atoms. The first-order valence-corrected chi connectivity index (χ1v) is 3.52. The van der Waals surface area contributed by atoms with Gasteiger partial charge in [-0.2, -0.15) is 0 Å². The molecule has 0 aromatic rings. The van der Waals surface area contributed by atoms with Gasteiger partial charge in [0.15, 0.2) is 5.34 Å². The third-order valence-corrected chi connectivity index (χ3v) is 1.48. The summed E-state index contributed by atoms with van der Waals surface area (Å²) < 4.78 is 0. The first-order valence-electron chi connectivity index (χ1n) is 3.52. The molecule has 0 aliphatic rings. The van der Waals surface area contributed by atoms with E-state index in [1.165, 1.54) is 0 Å². The van der Waals surface area contributed by atoms with Gasteiger partial charge in [-0.25, -0.2) is 4.79 Å². The zero-order valence-electron chi connectivity index (χ0n) is 7.24. The predicted molar refractivity (Wildman–Crippen MR) is 48.9 cm³/mol. The van der Waals surface area contributed by atoms with Crippen LogP contribution in [-0.2, 0) is 19.2 Å². The standard InChI is InChI=1S/C6H7NO8.Na.H/c8-3(9)1-6(5(12)13,15-7-14)2-4(10)11;;/h1-2H2,(H,8,9)(H,10,11)(H,12,13);;. The Morgan fingerprint density at radius 3 is 1.62 bits per heavy atom. The number of hydrogen-bond donors (Lipinski definition) is 3. The molecule has 0 spiro atoms. The van der Waals surface area contributed by atoms with Crippen molar-refractivity contribution in [2.75, 3.05) is 0 Å². The van der Waals surface area contributed by atoms with Crippen molar-refractivity contribution in [2.45, 2.75) is 18.4 Å². The van der Waals surface area contributed by atoms with Crippen LogP contribution >= 0.6 is 0 Å². The molecule has 0 heterocycles. The quantitative estimate of drug-likeness (QED) is 0.287. The fourth-order valence-electron chi connectivity index (χ4n) is 0.877. The van der Waals surface area contributed by atoms with Crippen molar-refractivity contribution < 1.29 is 34.5 Å². The second-order valence-corrected chi connectivity index (χ2v) is 2.61. The van der Waals surface area contributed by atoms with Gasteiger partial charge in [0.2, 0.25) is 0 Å². The Morgan fingerprint density at radius 2 is 1.44 bits per heavy atom. The van der Waals surface area contributed by atoms with Crippen molar-refractivity contribution in [1.82, 2.24) is 0 Å². The molecule has 3 N–H and O–H groups in total. The maximum atomic E-state index is 10.6. The molecular weight excluding hydrogens is 237 g/mol. The molecule has 0 amide bonds. The first kappa shape index (κ1) is 17.2. The van der Waals surface area contributed by atoms with E-state index in [4.69, 9.17) is 15.3 Å². The molecule has 0 fully saturated rings. The van der Waals surface area contributed by atoms with E-state index in [1.54, 1.807) is 5.34 Å². The first-order chi connectivity index (χ1) is 6.84. The second kappa shape index (κ2) is 7.14. The summed E-state index contributed by atoms with van der Waals surface area (Å²) in [4.78, 5) is 44.8. The monoisotopic (exact) mass is 245 g/mol. The number of carboxylic acids is 3. The van der Waals surface area contributed by atoms with Crippen LogP contribution in [0.5, 0.6) is 0 Å². The summed E-state index contributed by atoms with van der Waals surface area (Å²) in [6.45, 7) is 0. The number of carboxylic acid groups (broad SMARTS) is 3. The van der Waals surface area contributed by atoms with Crippen LogP contribution in [0.25, 0.3) is 0 Å². The third kappa shape index (κ3) is 5.05. The van der Waals surface area contributed by atoms with Gasteiger partial charge in [-0.1, -0.05) is 0 Å². The number of nitrogens with zero attached hydrogens (tertiary/aromatic N) is 1. The normalized spacial score (nSPS) is 9.75.